The number of rotatable bonds is 2. The van der Waals surface area contributed by atoms with Gasteiger partial charge < -0.3 is 9.64 Å². The number of carbonyl (C=O) groups excluding carboxylic acids is 1. The Morgan fingerprint density at radius 3 is 2.59 bits per heavy atom. The van der Waals surface area contributed by atoms with E-state index in [2.05, 4.69) is 24.9 Å². The number of hydrogen-bond acceptors (Lipinski definition) is 3. The van der Waals surface area contributed by atoms with Crippen LogP contribution in [0.3, 0.4) is 0 Å². The summed E-state index contributed by atoms with van der Waals surface area (Å²) < 4.78 is 5.73. The fourth-order valence-electron chi connectivity index (χ4n) is 4.01. The molecule has 3 rings (SSSR count). The zero-order valence-electron chi connectivity index (χ0n) is 14.0. The van der Waals surface area contributed by atoms with Crippen LogP contribution < -0.4 is 0 Å². The number of aryl methyl sites for hydroxylation is 3. The molecule has 0 saturated carbocycles. The minimum Gasteiger partial charge on any atom is -0.428 e. The number of ether oxygens (including phenoxy) is 1. The van der Waals surface area contributed by atoms with Gasteiger partial charge >= 0.3 is 5.97 Å². The van der Waals surface area contributed by atoms with E-state index >= 15 is 0 Å². The lowest BCUT2D eigenvalue weighted by molar-refractivity contribution is 0.0585. The first-order valence-corrected chi connectivity index (χ1v) is 8.15. The van der Waals surface area contributed by atoms with Crippen molar-refractivity contribution in [3.05, 3.63) is 46.2 Å². The van der Waals surface area contributed by atoms with E-state index in [-0.39, 0.29) is 5.97 Å². The molecule has 1 aliphatic carbocycles. The maximum atomic E-state index is 12.6. The van der Waals surface area contributed by atoms with Crippen LogP contribution in [-0.2, 0) is 4.74 Å². The van der Waals surface area contributed by atoms with Crippen LogP contribution in [0.5, 0.6) is 0 Å². The highest BCUT2D eigenvalue weighted by atomic mass is 16.5. The van der Waals surface area contributed by atoms with Gasteiger partial charge in [0.15, 0.2) is 0 Å². The summed E-state index contributed by atoms with van der Waals surface area (Å²) >= 11 is 0. The quantitative estimate of drug-likeness (QED) is 0.779. The zero-order valence-corrected chi connectivity index (χ0v) is 14.0. The summed E-state index contributed by atoms with van der Waals surface area (Å²) in [4.78, 5) is 15.0. The van der Waals surface area contributed by atoms with Gasteiger partial charge in [0.2, 0.25) is 0 Å². The van der Waals surface area contributed by atoms with Crippen molar-refractivity contribution in [3.8, 4) is 0 Å². The Bertz CT molecular complexity index is 609. The lowest BCUT2D eigenvalue weighted by Crippen LogP contribution is -2.32. The van der Waals surface area contributed by atoms with E-state index in [0.29, 0.717) is 11.6 Å². The first-order valence-electron chi connectivity index (χ1n) is 8.15. The SMILES string of the molecule is Cc1cc(C)c(C(=O)OC2=CCC3CCN(C)C3C2)c(C)c1. The normalized spacial score (nSPS) is 24.8. The fraction of sp³-hybridized carbons (Fsp3) is 0.526. The first kappa shape index (κ1) is 15.3. The van der Waals surface area contributed by atoms with Gasteiger partial charge in [0.25, 0.3) is 0 Å². The minimum atomic E-state index is -0.208. The molecular weight excluding hydrogens is 274 g/mol. The summed E-state index contributed by atoms with van der Waals surface area (Å²) in [7, 11) is 2.17. The second-order valence-electron chi connectivity index (χ2n) is 6.87. The van der Waals surface area contributed by atoms with E-state index in [1.165, 1.54) is 12.0 Å². The average molecular weight is 299 g/mol. The van der Waals surface area contributed by atoms with Gasteiger partial charge in [-0.1, -0.05) is 17.7 Å². The highest BCUT2D eigenvalue weighted by Gasteiger charge is 2.35. The molecule has 1 saturated heterocycles. The van der Waals surface area contributed by atoms with Crippen molar-refractivity contribution >= 4 is 5.97 Å². The van der Waals surface area contributed by atoms with Crippen LogP contribution in [0.1, 0.15) is 46.3 Å². The second kappa shape index (κ2) is 5.88. The fourth-order valence-corrected chi connectivity index (χ4v) is 4.01. The summed E-state index contributed by atoms with van der Waals surface area (Å²) in [5.74, 6) is 1.37. The predicted octanol–water partition coefficient (Wildman–Crippen LogP) is 3.77. The van der Waals surface area contributed by atoms with Gasteiger partial charge in [-0.25, -0.2) is 4.79 Å². The Kier molecular flexibility index (Phi) is 4.09. The van der Waals surface area contributed by atoms with Gasteiger partial charge in [-0.2, -0.15) is 0 Å². The van der Waals surface area contributed by atoms with Gasteiger partial charge in [-0.15, -0.1) is 0 Å². The molecule has 1 aliphatic heterocycles. The van der Waals surface area contributed by atoms with Gasteiger partial charge in [-0.3, -0.25) is 0 Å². The molecule has 2 unspecified atom stereocenters. The van der Waals surface area contributed by atoms with Gasteiger partial charge in [0, 0.05) is 12.5 Å². The summed E-state index contributed by atoms with van der Waals surface area (Å²) in [6.45, 7) is 7.16. The Labute approximate surface area is 133 Å². The van der Waals surface area contributed by atoms with E-state index < -0.39 is 0 Å². The van der Waals surface area contributed by atoms with E-state index in [4.69, 9.17) is 4.74 Å². The van der Waals surface area contributed by atoms with Crippen molar-refractivity contribution in [2.75, 3.05) is 13.6 Å². The summed E-state index contributed by atoms with van der Waals surface area (Å²) in [5, 5.41) is 0. The summed E-state index contributed by atoms with van der Waals surface area (Å²) in [6.07, 6.45) is 5.27. The predicted molar refractivity (Wildman–Crippen MR) is 87.9 cm³/mol. The maximum absolute atomic E-state index is 12.6. The Hall–Kier alpha value is -1.61. The molecule has 118 valence electrons. The number of benzene rings is 1. The van der Waals surface area contributed by atoms with Crippen molar-refractivity contribution in [3.63, 3.8) is 0 Å². The molecule has 0 bridgehead atoms. The van der Waals surface area contributed by atoms with E-state index in [9.17, 15) is 4.79 Å². The van der Waals surface area contributed by atoms with Crippen molar-refractivity contribution in [2.45, 2.75) is 46.1 Å². The molecule has 1 heterocycles. The lowest BCUT2D eigenvalue weighted by atomic mass is 9.89. The molecule has 3 heteroatoms. The smallest absolute Gasteiger partial charge is 0.343 e. The molecule has 0 aromatic heterocycles. The zero-order chi connectivity index (χ0) is 15.9. The molecule has 0 amide bonds. The number of likely N-dealkylation sites (tertiary alicyclic amines) is 1. The van der Waals surface area contributed by atoms with Crippen LogP contribution >= 0.6 is 0 Å². The van der Waals surface area contributed by atoms with Crippen molar-refractivity contribution in [1.82, 2.24) is 4.90 Å². The number of fused-ring (bicyclic) bond motifs is 1. The molecule has 0 N–H and O–H groups in total. The van der Waals surface area contributed by atoms with E-state index in [0.717, 1.165) is 42.2 Å². The molecule has 1 aromatic carbocycles. The molecule has 0 radical (unpaired) electrons. The highest BCUT2D eigenvalue weighted by Crippen LogP contribution is 2.35. The Morgan fingerprint density at radius 2 is 1.91 bits per heavy atom. The maximum Gasteiger partial charge on any atom is 0.343 e. The van der Waals surface area contributed by atoms with Crippen LogP contribution in [0.25, 0.3) is 0 Å². The van der Waals surface area contributed by atoms with E-state index in [1.807, 2.05) is 26.0 Å². The topological polar surface area (TPSA) is 29.5 Å². The number of carbonyl (C=O) groups is 1. The monoisotopic (exact) mass is 299 g/mol. The lowest BCUT2D eigenvalue weighted by Gasteiger charge is -2.29. The molecular formula is C19H25NO2. The van der Waals surface area contributed by atoms with E-state index in [1.54, 1.807) is 0 Å². The molecule has 3 nitrogen and oxygen atoms in total. The Balaban J connectivity index is 1.75. The third-order valence-corrected chi connectivity index (χ3v) is 5.13. The van der Waals surface area contributed by atoms with Gasteiger partial charge in [0.05, 0.1) is 5.56 Å². The second-order valence-corrected chi connectivity index (χ2v) is 6.87. The summed E-state index contributed by atoms with van der Waals surface area (Å²) in [6, 6.07) is 4.62. The highest BCUT2D eigenvalue weighted by molar-refractivity contribution is 5.93. The van der Waals surface area contributed by atoms with Crippen molar-refractivity contribution in [1.29, 1.82) is 0 Å². The standard InChI is InChI=1S/C19H25NO2/c1-12-9-13(2)18(14(3)10-12)19(21)22-16-6-5-15-7-8-20(4)17(15)11-16/h6,9-10,15,17H,5,7-8,11H2,1-4H3. The largest absolute Gasteiger partial charge is 0.428 e. The van der Waals surface area contributed by atoms with Crippen molar-refractivity contribution < 1.29 is 9.53 Å². The summed E-state index contributed by atoms with van der Waals surface area (Å²) in [5.41, 5.74) is 3.89. The van der Waals surface area contributed by atoms with Crippen molar-refractivity contribution in [2.24, 2.45) is 5.92 Å². The molecule has 1 fully saturated rings. The number of allylic oxidation sites excluding steroid dienone is 1. The molecule has 2 aliphatic rings. The molecule has 2 atom stereocenters. The van der Waals surface area contributed by atoms with Crippen LogP contribution in [0, 0.1) is 26.7 Å². The third-order valence-electron chi connectivity index (χ3n) is 5.13. The van der Waals surface area contributed by atoms with Gasteiger partial charge in [-0.05, 0) is 70.3 Å². The number of esters is 1. The molecule has 0 spiro atoms. The third kappa shape index (κ3) is 2.82. The average Bonchev–Trinajstić information content (AvgIpc) is 2.79. The molecule has 22 heavy (non-hydrogen) atoms. The Morgan fingerprint density at radius 1 is 1.23 bits per heavy atom. The minimum absolute atomic E-state index is 0.208. The van der Waals surface area contributed by atoms with Crippen LogP contribution in [0.15, 0.2) is 24.0 Å². The van der Waals surface area contributed by atoms with Gasteiger partial charge in [0.1, 0.15) is 5.76 Å². The van der Waals surface area contributed by atoms with Crippen LogP contribution in [0.4, 0.5) is 0 Å². The number of hydrogen-bond donors (Lipinski definition) is 0. The van der Waals surface area contributed by atoms with Crippen LogP contribution in [-0.4, -0.2) is 30.5 Å². The van der Waals surface area contributed by atoms with Crippen LogP contribution in [0.2, 0.25) is 0 Å². The first-order chi connectivity index (χ1) is 10.5. The molecule has 1 aromatic rings. The number of nitrogens with zero attached hydrogens (tertiary/aromatic N) is 1.